The predicted octanol–water partition coefficient (Wildman–Crippen LogP) is 4.39. The topological polar surface area (TPSA) is 53.2 Å². The number of nitrogens with zero attached hydrogens (tertiary/aromatic N) is 1. The van der Waals surface area contributed by atoms with E-state index in [0.29, 0.717) is 6.54 Å². The number of carbonyl (C=O) groups is 1. The Balaban J connectivity index is 1.62. The van der Waals surface area contributed by atoms with Gasteiger partial charge in [0.05, 0.1) is 16.6 Å². The van der Waals surface area contributed by atoms with Gasteiger partial charge in [0.2, 0.25) is 0 Å². The lowest BCUT2D eigenvalue weighted by Crippen LogP contribution is -2.34. The Labute approximate surface area is 156 Å². The van der Waals surface area contributed by atoms with Crippen molar-refractivity contribution in [3.63, 3.8) is 0 Å². The second kappa shape index (κ2) is 6.92. The molecule has 4 rings (SSSR count). The molecule has 3 aromatic rings. The molecule has 4 nitrogen and oxygen atoms in total. The SMILES string of the molecule is Cc1ccc(C2CCCN2C(=O)c2ccc(-c3cccs3)[nH]c2=O)cc1. The highest BCUT2D eigenvalue weighted by molar-refractivity contribution is 7.13. The smallest absolute Gasteiger partial charge is 0.261 e. The maximum absolute atomic E-state index is 13.0. The van der Waals surface area contributed by atoms with E-state index in [1.165, 1.54) is 5.56 Å². The zero-order valence-electron chi connectivity index (χ0n) is 14.6. The third-order valence-corrected chi connectivity index (χ3v) is 5.81. The van der Waals surface area contributed by atoms with Crippen LogP contribution < -0.4 is 5.56 Å². The maximum atomic E-state index is 13.0. The number of pyridine rings is 1. The van der Waals surface area contributed by atoms with Crippen LogP contribution >= 0.6 is 11.3 Å². The van der Waals surface area contributed by atoms with Gasteiger partial charge in [-0.05, 0) is 48.9 Å². The van der Waals surface area contributed by atoms with Crippen LogP contribution in [-0.2, 0) is 0 Å². The van der Waals surface area contributed by atoms with Crippen LogP contribution in [0.25, 0.3) is 10.6 Å². The number of amides is 1. The van der Waals surface area contributed by atoms with E-state index in [-0.39, 0.29) is 23.1 Å². The van der Waals surface area contributed by atoms with Crippen LogP contribution in [0.3, 0.4) is 0 Å². The zero-order chi connectivity index (χ0) is 18.1. The second-order valence-corrected chi connectivity index (χ2v) is 7.61. The highest BCUT2D eigenvalue weighted by Crippen LogP contribution is 2.33. The van der Waals surface area contributed by atoms with Crippen LogP contribution in [0.15, 0.2) is 58.7 Å². The van der Waals surface area contributed by atoms with Crippen LogP contribution in [0.4, 0.5) is 0 Å². The summed E-state index contributed by atoms with van der Waals surface area (Å²) in [6.07, 6.45) is 1.88. The Morgan fingerprint density at radius 1 is 1.15 bits per heavy atom. The average molecular weight is 364 g/mol. The molecule has 1 aromatic carbocycles. The van der Waals surface area contributed by atoms with E-state index in [1.54, 1.807) is 17.4 Å². The molecule has 2 aromatic heterocycles. The summed E-state index contributed by atoms with van der Waals surface area (Å²) in [4.78, 5) is 31.2. The summed E-state index contributed by atoms with van der Waals surface area (Å²) >= 11 is 1.56. The van der Waals surface area contributed by atoms with E-state index in [2.05, 4.69) is 36.2 Å². The van der Waals surface area contributed by atoms with Crippen LogP contribution in [0, 0.1) is 6.92 Å². The molecule has 1 amide bonds. The molecule has 1 saturated heterocycles. The van der Waals surface area contributed by atoms with E-state index in [1.807, 2.05) is 28.5 Å². The van der Waals surface area contributed by atoms with Crippen LogP contribution in [0.5, 0.6) is 0 Å². The normalized spacial score (nSPS) is 16.8. The number of hydrogen-bond donors (Lipinski definition) is 1. The number of thiophene rings is 1. The van der Waals surface area contributed by atoms with Gasteiger partial charge in [-0.25, -0.2) is 0 Å². The molecule has 0 aliphatic carbocycles. The third kappa shape index (κ3) is 3.10. The molecule has 0 bridgehead atoms. The van der Waals surface area contributed by atoms with E-state index in [4.69, 9.17) is 0 Å². The number of aromatic amines is 1. The highest BCUT2D eigenvalue weighted by atomic mass is 32.1. The summed E-state index contributed by atoms with van der Waals surface area (Å²) in [7, 11) is 0. The fourth-order valence-corrected chi connectivity index (χ4v) is 4.22. The first-order chi connectivity index (χ1) is 12.6. The molecule has 1 unspecified atom stereocenters. The van der Waals surface area contributed by atoms with Crippen molar-refractivity contribution in [2.75, 3.05) is 6.54 Å². The third-order valence-electron chi connectivity index (χ3n) is 4.90. The average Bonchev–Trinajstić information content (AvgIpc) is 3.34. The van der Waals surface area contributed by atoms with Crippen molar-refractivity contribution in [1.82, 2.24) is 9.88 Å². The number of likely N-dealkylation sites (tertiary alicyclic amines) is 1. The van der Waals surface area contributed by atoms with Gasteiger partial charge < -0.3 is 9.88 Å². The van der Waals surface area contributed by atoms with E-state index >= 15 is 0 Å². The Bertz CT molecular complexity index is 974. The molecule has 1 N–H and O–H groups in total. The molecule has 1 atom stereocenters. The molecule has 3 heterocycles. The van der Waals surface area contributed by atoms with Crippen molar-refractivity contribution in [3.8, 4) is 10.6 Å². The quantitative estimate of drug-likeness (QED) is 0.749. The molecule has 1 aliphatic rings. The molecule has 26 heavy (non-hydrogen) atoms. The van der Waals surface area contributed by atoms with Crippen molar-refractivity contribution in [3.05, 3.63) is 81.0 Å². The van der Waals surface area contributed by atoms with Gasteiger partial charge in [0.25, 0.3) is 11.5 Å². The lowest BCUT2D eigenvalue weighted by molar-refractivity contribution is 0.0734. The molecule has 0 saturated carbocycles. The molecule has 0 radical (unpaired) electrons. The molecular formula is C21H20N2O2S. The number of nitrogens with one attached hydrogen (secondary N) is 1. The Morgan fingerprint density at radius 2 is 1.96 bits per heavy atom. The maximum Gasteiger partial charge on any atom is 0.261 e. The predicted molar refractivity (Wildman–Crippen MR) is 105 cm³/mol. The number of hydrogen-bond acceptors (Lipinski definition) is 3. The summed E-state index contributed by atoms with van der Waals surface area (Å²) in [6, 6.07) is 15.7. The summed E-state index contributed by atoms with van der Waals surface area (Å²) < 4.78 is 0. The first-order valence-corrected chi connectivity index (χ1v) is 9.66. The largest absolute Gasteiger partial charge is 0.331 e. The lowest BCUT2D eigenvalue weighted by atomic mass is 10.0. The first-order valence-electron chi connectivity index (χ1n) is 8.78. The van der Waals surface area contributed by atoms with Crippen molar-refractivity contribution < 1.29 is 4.79 Å². The zero-order valence-corrected chi connectivity index (χ0v) is 15.4. The number of H-pyrrole nitrogens is 1. The fourth-order valence-electron chi connectivity index (χ4n) is 3.52. The Morgan fingerprint density at radius 3 is 2.65 bits per heavy atom. The van der Waals surface area contributed by atoms with Crippen molar-refractivity contribution >= 4 is 17.2 Å². The van der Waals surface area contributed by atoms with E-state index in [0.717, 1.165) is 29.0 Å². The Kier molecular flexibility index (Phi) is 4.47. The summed E-state index contributed by atoms with van der Waals surface area (Å²) in [5.41, 5.74) is 2.97. The van der Waals surface area contributed by atoms with E-state index in [9.17, 15) is 9.59 Å². The minimum Gasteiger partial charge on any atom is -0.331 e. The lowest BCUT2D eigenvalue weighted by Gasteiger charge is -2.25. The van der Waals surface area contributed by atoms with Gasteiger partial charge in [-0.3, -0.25) is 9.59 Å². The van der Waals surface area contributed by atoms with Crippen molar-refractivity contribution in [2.24, 2.45) is 0 Å². The number of aromatic nitrogens is 1. The van der Waals surface area contributed by atoms with Gasteiger partial charge in [-0.2, -0.15) is 0 Å². The molecule has 0 spiro atoms. The van der Waals surface area contributed by atoms with Gasteiger partial charge in [-0.15, -0.1) is 11.3 Å². The standard InChI is InChI=1S/C21H20N2O2S/c1-14-6-8-15(9-7-14)18-4-2-12-23(18)21(25)16-10-11-17(22-20(16)24)19-5-3-13-26-19/h3,5-11,13,18H,2,4,12H2,1H3,(H,22,24). The minimum atomic E-state index is -0.324. The van der Waals surface area contributed by atoms with E-state index < -0.39 is 0 Å². The highest BCUT2D eigenvalue weighted by Gasteiger charge is 2.31. The number of rotatable bonds is 3. The summed E-state index contributed by atoms with van der Waals surface area (Å²) in [5, 5.41) is 1.96. The molecule has 1 fully saturated rings. The van der Waals surface area contributed by atoms with Crippen LogP contribution in [0.2, 0.25) is 0 Å². The Hall–Kier alpha value is -2.66. The minimum absolute atomic E-state index is 0.0412. The summed E-state index contributed by atoms with van der Waals surface area (Å²) in [6.45, 7) is 2.74. The summed E-state index contributed by atoms with van der Waals surface area (Å²) in [5.74, 6) is -0.188. The second-order valence-electron chi connectivity index (χ2n) is 6.66. The van der Waals surface area contributed by atoms with Crippen molar-refractivity contribution in [2.45, 2.75) is 25.8 Å². The number of benzene rings is 1. The van der Waals surface area contributed by atoms with Crippen LogP contribution in [-0.4, -0.2) is 22.3 Å². The molecule has 1 aliphatic heterocycles. The monoisotopic (exact) mass is 364 g/mol. The number of carbonyl (C=O) groups excluding carboxylic acids is 1. The number of aryl methyl sites for hydroxylation is 1. The molecular weight excluding hydrogens is 344 g/mol. The molecule has 132 valence electrons. The fraction of sp³-hybridized carbons (Fsp3) is 0.238. The molecule has 5 heteroatoms. The first kappa shape index (κ1) is 16.8. The van der Waals surface area contributed by atoms with Gasteiger partial charge >= 0.3 is 0 Å². The van der Waals surface area contributed by atoms with Crippen molar-refractivity contribution in [1.29, 1.82) is 0 Å². The van der Waals surface area contributed by atoms with Gasteiger partial charge in [0, 0.05) is 6.54 Å². The van der Waals surface area contributed by atoms with Crippen LogP contribution in [0.1, 0.15) is 40.4 Å². The van der Waals surface area contributed by atoms with Gasteiger partial charge in [-0.1, -0.05) is 35.9 Å². The van der Waals surface area contributed by atoms with Gasteiger partial charge in [0.15, 0.2) is 0 Å². The van der Waals surface area contributed by atoms with Gasteiger partial charge in [0.1, 0.15) is 5.56 Å².